The highest BCUT2D eigenvalue weighted by Gasteiger charge is 2.32. The molecule has 1 heterocycles. The number of rotatable bonds is 6. The molecule has 0 radical (unpaired) electrons. The third-order valence-electron chi connectivity index (χ3n) is 3.93. The molecule has 3 rings (SSSR count). The molecule has 0 unspecified atom stereocenters. The van der Waals surface area contributed by atoms with Gasteiger partial charge < -0.3 is 20.5 Å². The SMILES string of the molecule is COc1cc(/C=N/N=C2\NC(=O)[C@H](CC(=O)Nc3cccc(Cl)c3Cl)S2)ccc1O. The van der Waals surface area contributed by atoms with Crippen molar-refractivity contribution in [2.24, 2.45) is 10.2 Å². The number of carbonyl (C=O) groups is 2. The van der Waals surface area contributed by atoms with Gasteiger partial charge in [0.05, 0.1) is 29.1 Å². The van der Waals surface area contributed by atoms with Crippen LogP contribution in [0.15, 0.2) is 46.6 Å². The molecular weight excluding hydrogens is 451 g/mol. The van der Waals surface area contributed by atoms with E-state index < -0.39 is 5.25 Å². The molecule has 0 spiro atoms. The molecule has 30 heavy (non-hydrogen) atoms. The third-order valence-corrected chi connectivity index (χ3v) is 5.82. The number of carbonyl (C=O) groups excluding carboxylic acids is 2. The van der Waals surface area contributed by atoms with Crippen LogP contribution in [0, 0.1) is 0 Å². The van der Waals surface area contributed by atoms with Gasteiger partial charge in [-0.25, -0.2) is 0 Å². The second-order valence-electron chi connectivity index (χ2n) is 6.03. The number of amidine groups is 1. The number of amides is 2. The highest BCUT2D eigenvalue weighted by atomic mass is 35.5. The van der Waals surface area contributed by atoms with Crippen molar-refractivity contribution >= 4 is 63.8 Å². The summed E-state index contributed by atoms with van der Waals surface area (Å²) in [5.74, 6) is -0.402. The predicted molar refractivity (Wildman–Crippen MR) is 119 cm³/mol. The van der Waals surface area contributed by atoms with E-state index in [1.165, 1.54) is 19.4 Å². The minimum absolute atomic E-state index is 0.0137. The van der Waals surface area contributed by atoms with Crippen molar-refractivity contribution in [2.75, 3.05) is 12.4 Å². The quantitative estimate of drug-likeness (QED) is 0.444. The van der Waals surface area contributed by atoms with Gasteiger partial charge in [0.2, 0.25) is 11.8 Å². The van der Waals surface area contributed by atoms with E-state index in [9.17, 15) is 14.7 Å². The predicted octanol–water partition coefficient (Wildman–Crippen LogP) is 3.66. The van der Waals surface area contributed by atoms with Gasteiger partial charge in [0.1, 0.15) is 5.25 Å². The molecule has 11 heteroatoms. The van der Waals surface area contributed by atoms with Crippen LogP contribution in [0.1, 0.15) is 12.0 Å². The third kappa shape index (κ3) is 5.44. The zero-order chi connectivity index (χ0) is 21.7. The lowest BCUT2D eigenvalue weighted by Crippen LogP contribution is -2.28. The Balaban J connectivity index is 1.59. The molecule has 0 bridgehead atoms. The van der Waals surface area contributed by atoms with Gasteiger partial charge in [0, 0.05) is 6.42 Å². The van der Waals surface area contributed by atoms with Crippen LogP contribution in [0.2, 0.25) is 10.0 Å². The van der Waals surface area contributed by atoms with E-state index in [1.807, 2.05) is 0 Å². The first kappa shape index (κ1) is 21.9. The Labute approximate surface area is 186 Å². The molecular formula is C19H16Cl2N4O4S. The van der Waals surface area contributed by atoms with Gasteiger partial charge in [-0.2, -0.15) is 5.10 Å². The van der Waals surface area contributed by atoms with Crippen molar-refractivity contribution in [2.45, 2.75) is 11.7 Å². The summed E-state index contributed by atoms with van der Waals surface area (Å²) in [6, 6.07) is 9.59. The maximum Gasteiger partial charge on any atom is 0.240 e. The second-order valence-corrected chi connectivity index (χ2v) is 8.01. The van der Waals surface area contributed by atoms with Crippen LogP contribution in [0.3, 0.4) is 0 Å². The first-order chi connectivity index (χ1) is 14.4. The summed E-state index contributed by atoms with van der Waals surface area (Å²) >= 11 is 13.1. The zero-order valence-electron chi connectivity index (χ0n) is 15.6. The maximum atomic E-state index is 12.3. The number of halogens is 2. The Morgan fingerprint density at radius 1 is 1.37 bits per heavy atom. The maximum absolute atomic E-state index is 12.3. The van der Waals surface area contributed by atoms with Crippen molar-refractivity contribution in [1.29, 1.82) is 0 Å². The van der Waals surface area contributed by atoms with Gasteiger partial charge in [-0.1, -0.05) is 41.0 Å². The standard InChI is InChI=1S/C19H16Cl2N4O4S/c1-29-14-7-10(5-6-13(14)26)9-22-25-19-24-18(28)15(30-19)8-16(27)23-12-4-2-3-11(20)17(12)21/h2-7,9,15,26H,8H2,1H3,(H,23,27)(H,24,25,28)/b22-9+/t15-/m0/s1. The molecule has 1 saturated heterocycles. The van der Waals surface area contributed by atoms with E-state index in [0.29, 0.717) is 22.0 Å². The van der Waals surface area contributed by atoms with Crippen LogP contribution in [0.25, 0.3) is 0 Å². The lowest BCUT2D eigenvalue weighted by molar-refractivity contribution is -0.122. The average molecular weight is 467 g/mol. The topological polar surface area (TPSA) is 112 Å². The van der Waals surface area contributed by atoms with Crippen molar-refractivity contribution in [3.05, 3.63) is 52.0 Å². The summed E-state index contributed by atoms with van der Waals surface area (Å²) < 4.78 is 5.02. The van der Waals surface area contributed by atoms with E-state index in [2.05, 4.69) is 20.8 Å². The number of hydrogen-bond acceptors (Lipinski definition) is 7. The second kappa shape index (κ2) is 9.84. The van der Waals surface area contributed by atoms with Gasteiger partial charge in [0.25, 0.3) is 0 Å². The van der Waals surface area contributed by atoms with Crippen LogP contribution >= 0.6 is 35.0 Å². The molecule has 2 aromatic carbocycles. The number of thioether (sulfide) groups is 1. The van der Waals surface area contributed by atoms with Gasteiger partial charge in [-0.05, 0) is 35.9 Å². The summed E-state index contributed by atoms with van der Waals surface area (Å²) in [6.07, 6.45) is 1.38. The number of ether oxygens (including phenoxy) is 1. The molecule has 3 N–H and O–H groups in total. The highest BCUT2D eigenvalue weighted by molar-refractivity contribution is 8.15. The smallest absolute Gasteiger partial charge is 0.240 e. The zero-order valence-corrected chi connectivity index (χ0v) is 17.9. The summed E-state index contributed by atoms with van der Waals surface area (Å²) in [7, 11) is 1.44. The van der Waals surface area contributed by atoms with Crippen LogP contribution < -0.4 is 15.4 Å². The van der Waals surface area contributed by atoms with Crippen molar-refractivity contribution < 1.29 is 19.4 Å². The molecule has 0 aliphatic carbocycles. The molecule has 0 saturated carbocycles. The number of hydrogen-bond donors (Lipinski definition) is 3. The molecule has 156 valence electrons. The first-order valence-corrected chi connectivity index (χ1v) is 10.2. The molecule has 8 nitrogen and oxygen atoms in total. The Bertz CT molecular complexity index is 1050. The Morgan fingerprint density at radius 2 is 2.17 bits per heavy atom. The van der Waals surface area contributed by atoms with E-state index in [-0.39, 0.29) is 34.2 Å². The van der Waals surface area contributed by atoms with Gasteiger partial charge in [0.15, 0.2) is 16.7 Å². The number of aromatic hydroxyl groups is 1. The first-order valence-electron chi connectivity index (χ1n) is 8.57. The monoisotopic (exact) mass is 466 g/mol. The normalized spacial score (nSPS) is 17.4. The molecule has 1 atom stereocenters. The molecule has 1 aliphatic heterocycles. The molecule has 0 aromatic heterocycles. The van der Waals surface area contributed by atoms with Crippen LogP contribution in [-0.4, -0.2) is 40.7 Å². The molecule has 1 aliphatic rings. The minimum atomic E-state index is -0.648. The number of benzene rings is 2. The lowest BCUT2D eigenvalue weighted by atomic mass is 10.2. The van der Waals surface area contributed by atoms with E-state index in [4.69, 9.17) is 27.9 Å². The van der Waals surface area contributed by atoms with Crippen molar-refractivity contribution in [1.82, 2.24) is 5.32 Å². The van der Waals surface area contributed by atoms with E-state index in [0.717, 1.165) is 11.8 Å². The molecule has 2 aromatic rings. The summed E-state index contributed by atoms with van der Waals surface area (Å²) in [5, 5.41) is 22.9. The Kier molecular flexibility index (Phi) is 7.20. The van der Waals surface area contributed by atoms with Gasteiger partial charge >= 0.3 is 0 Å². The summed E-state index contributed by atoms with van der Waals surface area (Å²) in [6.45, 7) is 0. The fraction of sp³-hybridized carbons (Fsp3) is 0.158. The molecule has 1 fully saturated rings. The number of nitrogens with one attached hydrogen (secondary N) is 2. The number of methoxy groups -OCH3 is 1. The number of phenolic OH excluding ortho intramolecular Hbond substituents is 1. The van der Waals surface area contributed by atoms with Gasteiger partial charge in [-0.15, -0.1) is 5.10 Å². The van der Waals surface area contributed by atoms with Crippen LogP contribution in [0.5, 0.6) is 11.5 Å². The van der Waals surface area contributed by atoms with Crippen molar-refractivity contribution in [3.63, 3.8) is 0 Å². The van der Waals surface area contributed by atoms with Gasteiger partial charge in [-0.3, -0.25) is 9.59 Å². The summed E-state index contributed by atoms with van der Waals surface area (Å²) in [4.78, 5) is 24.4. The van der Waals surface area contributed by atoms with Crippen LogP contribution in [-0.2, 0) is 9.59 Å². The number of phenols is 1. The molecule has 2 amide bonds. The minimum Gasteiger partial charge on any atom is -0.504 e. The fourth-order valence-electron chi connectivity index (χ4n) is 2.48. The van der Waals surface area contributed by atoms with E-state index >= 15 is 0 Å². The fourth-order valence-corrected chi connectivity index (χ4v) is 3.75. The Morgan fingerprint density at radius 3 is 2.93 bits per heavy atom. The number of nitrogens with zero attached hydrogens (tertiary/aromatic N) is 2. The Hall–Kier alpha value is -2.75. The van der Waals surface area contributed by atoms with E-state index in [1.54, 1.807) is 30.3 Å². The van der Waals surface area contributed by atoms with Crippen LogP contribution in [0.4, 0.5) is 5.69 Å². The lowest BCUT2D eigenvalue weighted by Gasteiger charge is -2.09. The summed E-state index contributed by atoms with van der Waals surface area (Å²) in [5.41, 5.74) is 1.03. The number of anilines is 1. The average Bonchev–Trinajstić information content (AvgIpc) is 3.05. The van der Waals surface area contributed by atoms with Crippen molar-refractivity contribution in [3.8, 4) is 11.5 Å². The largest absolute Gasteiger partial charge is 0.504 e. The highest BCUT2D eigenvalue weighted by Crippen LogP contribution is 2.30.